The van der Waals surface area contributed by atoms with Gasteiger partial charge in [-0.15, -0.1) is 0 Å². The Hall–Kier alpha value is -0.970. The summed E-state index contributed by atoms with van der Waals surface area (Å²) >= 11 is 1.39. The number of rotatable bonds is 3. The molecule has 4 nitrogen and oxygen atoms in total. The third-order valence-corrected chi connectivity index (χ3v) is 4.08. The summed E-state index contributed by atoms with van der Waals surface area (Å²) in [5.41, 5.74) is 5.73. The smallest absolute Gasteiger partial charge is 0.197 e. The second kappa shape index (κ2) is 4.91. The van der Waals surface area contributed by atoms with E-state index >= 15 is 0 Å². The molecule has 1 aromatic rings. The summed E-state index contributed by atoms with van der Waals surface area (Å²) in [5, 5.41) is 4.49. The average Bonchev–Trinajstić information content (AvgIpc) is 2.63. The van der Waals surface area contributed by atoms with Gasteiger partial charge in [-0.3, -0.25) is 0 Å². The maximum Gasteiger partial charge on any atom is 0.197 e. The second-order valence-electron chi connectivity index (χ2n) is 4.44. The predicted octanol–water partition coefficient (Wildman–Crippen LogP) is 2.72. The number of aromatic nitrogens is 1. The molecular weight excluding hydrogens is 222 g/mol. The van der Waals surface area contributed by atoms with Crippen LogP contribution in [0.3, 0.4) is 0 Å². The van der Waals surface area contributed by atoms with Crippen LogP contribution in [-0.4, -0.2) is 17.5 Å². The van der Waals surface area contributed by atoms with Crippen LogP contribution in [0.5, 0.6) is 5.75 Å². The molecule has 3 N–H and O–H groups in total. The monoisotopic (exact) mass is 241 g/mol. The van der Waals surface area contributed by atoms with Gasteiger partial charge in [0.15, 0.2) is 16.6 Å². The minimum atomic E-state index is 0.485. The number of methoxy groups -OCH3 is 1. The van der Waals surface area contributed by atoms with E-state index in [2.05, 4.69) is 16.6 Å². The first-order valence-electron chi connectivity index (χ1n) is 5.78. The van der Waals surface area contributed by atoms with E-state index in [4.69, 9.17) is 10.5 Å². The SMILES string of the molecule is COc1c(N)nsc1NC1CCCCC1C. The van der Waals surface area contributed by atoms with Crippen LogP contribution in [0.1, 0.15) is 32.6 Å². The zero-order valence-electron chi connectivity index (χ0n) is 9.82. The molecule has 0 bridgehead atoms. The largest absolute Gasteiger partial charge is 0.490 e. The number of hydrogen-bond donors (Lipinski definition) is 2. The fourth-order valence-electron chi connectivity index (χ4n) is 2.28. The number of hydrogen-bond acceptors (Lipinski definition) is 5. The lowest BCUT2D eigenvalue weighted by molar-refractivity contribution is 0.348. The Bertz CT molecular complexity index is 353. The molecule has 0 radical (unpaired) electrons. The van der Waals surface area contributed by atoms with E-state index in [1.807, 2.05) is 0 Å². The van der Waals surface area contributed by atoms with Crippen LogP contribution in [0.2, 0.25) is 0 Å². The third-order valence-electron chi connectivity index (χ3n) is 3.31. The van der Waals surface area contributed by atoms with Crippen LogP contribution in [-0.2, 0) is 0 Å². The van der Waals surface area contributed by atoms with Crippen molar-refractivity contribution in [3.63, 3.8) is 0 Å². The van der Waals surface area contributed by atoms with Crippen molar-refractivity contribution in [3.8, 4) is 5.75 Å². The normalized spacial score (nSPS) is 25.4. The van der Waals surface area contributed by atoms with Gasteiger partial charge in [0.25, 0.3) is 0 Å². The van der Waals surface area contributed by atoms with Gasteiger partial charge in [0.05, 0.1) is 7.11 Å². The van der Waals surface area contributed by atoms with Crippen LogP contribution in [0.4, 0.5) is 10.8 Å². The van der Waals surface area contributed by atoms with Crippen LogP contribution in [0.15, 0.2) is 0 Å². The summed E-state index contributed by atoms with van der Waals surface area (Å²) in [4.78, 5) is 0. The quantitative estimate of drug-likeness (QED) is 0.854. The minimum absolute atomic E-state index is 0.485. The summed E-state index contributed by atoms with van der Waals surface area (Å²) in [6, 6.07) is 0.530. The van der Waals surface area contributed by atoms with E-state index in [1.54, 1.807) is 7.11 Å². The predicted molar refractivity (Wildman–Crippen MR) is 68.1 cm³/mol. The van der Waals surface area contributed by atoms with Gasteiger partial charge < -0.3 is 15.8 Å². The molecule has 1 aromatic heterocycles. The van der Waals surface area contributed by atoms with Gasteiger partial charge in [0, 0.05) is 6.04 Å². The van der Waals surface area contributed by atoms with Gasteiger partial charge in [-0.1, -0.05) is 19.8 Å². The Morgan fingerprint density at radius 3 is 2.88 bits per heavy atom. The fourth-order valence-corrected chi connectivity index (χ4v) is 3.03. The van der Waals surface area contributed by atoms with Crippen LogP contribution >= 0.6 is 11.5 Å². The van der Waals surface area contributed by atoms with E-state index in [0.717, 1.165) is 5.00 Å². The standard InChI is InChI=1S/C11H19N3OS/c1-7-5-3-4-6-8(7)13-11-9(15-2)10(12)14-16-11/h7-8,13H,3-6H2,1-2H3,(H2,12,14). The number of nitrogens with two attached hydrogens (primary N) is 1. The highest BCUT2D eigenvalue weighted by atomic mass is 32.1. The molecule has 16 heavy (non-hydrogen) atoms. The minimum Gasteiger partial charge on any atom is -0.490 e. The molecule has 2 rings (SSSR count). The van der Waals surface area contributed by atoms with Crippen molar-refractivity contribution >= 4 is 22.4 Å². The summed E-state index contributed by atoms with van der Waals surface area (Å²) in [6.45, 7) is 2.30. The maximum atomic E-state index is 5.73. The molecule has 0 aliphatic heterocycles. The zero-order valence-corrected chi connectivity index (χ0v) is 10.6. The Morgan fingerprint density at radius 2 is 2.19 bits per heavy atom. The summed E-state index contributed by atoms with van der Waals surface area (Å²) in [5.74, 6) is 1.89. The lowest BCUT2D eigenvalue weighted by atomic mass is 9.86. The first-order valence-corrected chi connectivity index (χ1v) is 6.55. The van der Waals surface area contributed by atoms with Crippen molar-refractivity contribution < 1.29 is 4.74 Å². The third kappa shape index (κ3) is 2.24. The van der Waals surface area contributed by atoms with Gasteiger partial charge >= 0.3 is 0 Å². The van der Waals surface area contributed by atoms with E-state index in [-0.39, 0.29) is 0 Å². The van der Waals surface area contributed by atoms with Crippen molar-refractivity contribution in [3.05, 3.63) is 0 Å². The summed E-state index contributed by atoms with van der Waals surface area (Å²) < 4.78 is 9.36. The van der Waals surface area contributed by atoms with Crippen molar-refractivity contribution in [2.24, 2.45) is 5.92 Å². The molecule has 1 aliphatic rings. The molecule has 1 aliphatic carbocycles. The molecule has 1 saturated carbocycles. The molecule has 1 fully saturated rings. The zero-order chi connectivity index (χ0) is 11.5. The Labute approximate surface area is 100 Å². The Morgan fingerprint density at radius 1 is 1.44 bits per heavy atom. The molecule has 0 spiro atoms. The Kier molecular flexibility index (Phi) is 3.53. The van der Waals surface area contributed by atoms with E-state index < -0.39 is 0 Å². The fraction of sp³-hybridized carbons (Fsp3) is 0.727. The van der Waals surface area contributed by atoms with E-state index in [0.29, 0.717) is 23.5 Å². The summed E-state index contributed by atoms with van der Waals surface area (Å²) in [7, 11) is 1.63. The van der Waals surface area contributed by atoms with Crippen LogP contribution in [0, 0.1) is 5.92 Å². The number of nitrogens with zero attached hydrogens (tertiary/aromatic N) is 1. The van der Waals surface area contributed by atoms with Crippen molar-refractivity contribution in [1.29, 1.82) is 0 Å². The van der Waals surface area contributed by atoms with Crippen LogP contribution < -0.4 is 15.8 Å². The van der Waals surface area contributed by atoms with Gasteiger partial charge in [-0.05, 0) is 30.3 Å². The highest BCUT2D eigenvalue weighted by molar-refractivity contribution is 7.11. The summed E-state index contributed by atoms with van der Waals surface area (Å²) in [6.07, 6.45) is 5.18. The molecule has 0 aromatic carbocycles. The van der Waals surface area contributed by atoms with Crippen LogP contribution in [0.25, 0.3) is 0 Å². The van der Waals surface area contributed by atoms with Crippen molar-refractivity contribution in [1.82, 2.24) is 4.37 Å². The van der Waals surface area contributed by atoms with E-state index in [1.165, 1.54) is 37.2 Å². The van der Waals surface area contributed by atoms with Crippen molar-refractivity contribution in [2.45, 2.75) is 38.6 Å². The molecule has 90 valence electrons. The highest BCUT2D eigenvalue weighted by Crippen LogP contribution is 2.37. The second-order valence-corrected chi connectivity index (χ2v) is 5.22. The number of ether oxygens (including phenoxy) is 1. The molecule has 2 unspecified atom stereocenters. The highest BCUT2D eigenvalue weighted by Gasteiger charge is 2.23. The van der Waals surface area contributed by atoms with Gasteiger partial charge in [-0.25, -0.2) is 0 Å². The number of nitrogens with one attached hydrogen (secondary N) is 1. The molecular formula is C11H19N3OS. The molecule has 1 heterocycles. The molecule has 2 atom stereocenters. The van der Waals surface area contributed by atoms with Gasteiger partial charge in [-0.2, -0.15) is 4.37 Å². The first-order chi connectivity index (χ1) is 7.72. The number of nitrogen functional groups attached to an aromatic ring is 1. The maximum absolute atomic E-state index is 5.73. The average molecular weight is 241 g/mol. The Balaban J connectivity index is 2.07. The topological polar surface area (TPSA) is 60.2 Å². The lowest BCUT2D eigenvalue weighted by Gasteiger charge is -2.29. The van der Waals surface area contributed by atoms with Gasteiger partial charge in [0.2, 0.25) is 0 Å². The first kappa shape index (κ1) is 11.5. The van der Waals surface area contributed by atoms with Crippen molar-refractivity contribution in [2.75, 3.05) is 18.2 Å². The molecule has 0 saturated heterocycles. The lowest BCUT2D eigenvalue weighted by Crippen LogP contribution is -2.30. The van der Waals surface area contributed by atoms with E-state index in [9.17, 15) is 0 Å². The molecule has 5 heteroatoms. The van der Waals surface area contributed by atoms with Gasteiger partial charge in [0.1, 0.15) is 0 Å². The number of anilines is 2. The molecule has 0 amide bonds.